The number of benzene rings is 1. The van der Waals surface area contributed by atoms with Gasteiger partial charge >= 0.3 is 0 Å². The predicted molar refractivity (Wildman–Crippen MR) is 94.6 cm³/mol. The average Bonchev–Trinajstić information content (AvgIpc) is 2.83. The maximum atomic E-state index is 14.0. The Morgan fingerprint density at radius 1 is 1.28 bits per heavy atom. The van der Waals surface area contributed by atoms with E-state index in [2.05, 4.69) is 27.0 Å². The average molecular weight is 346 g/mol. The van der Waals surface area contributed by atoms with Gasteiger partial charge in [0.1, 0.15) is 5.82 Å². The van der Waals surface area contributed by atoms with Gasteiger partial charge in [0.05, 0.1) is 6.54 Å². The number of nitrogens with zero attached hydrogens (tertiary/aromatic N) is 4. The fourth-order valence-electron chi connectivity index (χ4n) is 3.56. The molecule has 1 fully saturated rings. The molecular weight excluding hydrogens is 319 g/mol. The molecule has 1 aromatic carbocycles. The zero-order chi connectivity index (χ0) is 17.8. The van der Waals surface area contributed by atoms with Crippen molar-refractivity contribution in [1.82, 2.24) is 19.9 Å². The van der Waals surface area contributed by atoms with Crippen LogP contribution < -0.4 is 0 Å². The lowest BCUT2D eigenvalue weighted by atomic mass is 10.1. The Kier molecular flexibility index (Phi) is 5.81. The first kappa shape index (κ1) is 18.0. The first-order valence-electron chi connectivity index (χ1n) is 8.98. The molecule has 0 unspecified atom stereocenters. The van der Waals surface area contributed by atoms with Crippen molar-refractivity contribution in [2.24, 2.45) is 0 Å². The summed E-state index contributed by atoms with van der Waals surface area (Å²) in [5.74, 6) is 1.24. The molecule has 25 heavy (non-hydrogen) atoms. The van der Waals surface area contributed by atoms with Gasteiger partial charge in [-0.15, -0.1) is 0 Å². The highest BCUT2D eigenvalue weighted by molar-refractivity contribution is 5.24. The second-order valence-electron chi connectivity index (χ2n) is 7.10. The van der Waals surface area contributed by atoms with Gasteiger partial charge < -0.3 is 4.52 Å². The van der Waals surface area contributed by atoms with Crippen LogP contribution in [0.1, 0.15) is 42.1 Å². The Morgan fingerprint density at radius 3 is 2.88 bits per heavy atom. The summed E-state index contributed by atoms with van der Waals surface area (Å²) in [6, 6.07) is 5.85. The van der Waals surface area contributed by atoms with Crippen LogP contribution in [-0.2, 0) is 13.1 Å². The molecular formula is C19H27FN4O. The van der Waals surface area contributed by atoms with E-state index < -0.39 is 0 Å². The summed E-state index contributed by atoms with van der Waals surface area (Å²) in [6.45, 7) is 7.20. The number of halogens is 1. The molecule has 1 aromatic heterocycles. The van der Waals surface area contributed by atoms with Crippen LogP contribution in [0.2, 0.25) is 0 Å². The summed E-state index contributed by atoms with van der Waals surface area (Å²) in [6.07, 6.45) is 3.33. The lowest BCUT2D eigenvalue weighted by Gasteiger charge is -2.26. The molecule has 2 aromatic rings. The van der Waals surface area contributed by atoms with E-state index in [4.69, 9.17) is 4.52 Å². The summed E-state index contributed by atoms with van der Waals surface area (Å²) in [5, 5.41) is 3.98. The molecule has 3 rings (SSSR count). The Balaban J connectivity index is 1.55. The highest BCUT2D eigenvalue weighted by Gasteiger charge is 2.22. The first-order chi connectivity index (χ1) is 12.0. The molecule has 1 aliphatic heterocycles. The number of likely N-dealkylation sites (tertiary alicyclic amines) is 1. The third kappa shape index (κ3) is 4.86. The van der Waals surface area contributed by atoms with Crippen molar-refractivity contribution in [3.8, 4) is 0 Å². The lowest BCUT2D eigenvalue weighted by molar-refractivity contribution is 0.199. The minimum atomic E-state index is -0.101. The van der Waals surface area contributed by atoms with Gasteiger partial charge in [-0.3, -0.25) is 9.80 Å². The van der Waals surface area contributed by atoms with Crippen molar-refractivity contribution >= 4 is 0 Å². The molecule has 0 spiro atoms. The van der Waals surface area contributed by atoms with E-state index in [1.807, 2.05) is 26.0 Å². The Morgan fingerprint density at radius 2 is 2.12 bits per heavy atom. The Bertz CT molecular complexity index is 702. The van der Waals surface area contributed by atoms with Gasteiger partial charge in [0.2, 0.25) is 5.89 Å². The molecule has 0 bridgehead atoms. The minimum absolute atomic E-state index is 0.101. The van der Waals surface area contributed by atoms with Crippen LogP contribution in [-0.4, -0.2) is 46.1 Å². The Labute approximate surface area is 148 Å². The zero-order valence-corrected chi connectivity index (χ0v) is 15.3. The van der Waals surface area contributed by atoms with Crippen molar-refractivity contribution in [3.63, 3.8) is 0 Å². The molecule has 0 N–H and O–H groups in total. The van der Waals surface area contributed by atoms with Crippen molar-refractivity contribution < 1.29 is 8.91 Å². The van der Waals surface area contributed by atoms with E-state index in [9.17, 15) is 4.39 Å². The topological polar surface area (TPSA) is 45.4 Å². The molecule has 0 radical (unpaired) electrons. The van der Waals surface area contributed by atoms with Crippen LogP contribution in [0.3, 0.4) is 0 Å². The molecule has 2 heterocycles. The third-order valence-electron chi connectivity index (χ3n) is 4.97. The smallest absolute Gasteiger partial charge is 0.223 e. The quantitative estimate of drug-likeness (QED) is 0.831. The number of hydrogen-bond donors (Lipinski definition) is 0. The SMILES string of the molecule is Cc1ccc(F)c(CN2CCC[C@H](N(C)Cc3noc(C)n3)CC2)c1. The second-order valence-corrected chi connectivity index (χ2v) is 7.10. The van der Waals surface area contributed by atoms with Gasteiger partial charge in [-0.05, 0) is 52.4 Å². The van der Waals surface area contributed by atoms with Crippen molar-refractivity contribution in [3.05, 3.63) is 46.9 Å². The minimum Gasteiger partial charge on any atom is -0.340 e. The normalized spacial score (nSPS) is 19.3. The molecule has 6 heteroatoms. The van der Waals surface area contributed by atoms with Gasteiger partial charge in [-0.1, -0.05) is 22.9 Å². The van der Waals surface area contributed by atoms with Crippen LogP contribution in [0, 0.1) is 19.7 Å². The zero-order valence-electron chi connectivity index (χ0n) is 15.3. The monoisotopic (exact) mass is 346 g/mol. The third-order valence-corrected chi connectivity index (χ3v) is 4.97. The van der Waals surface area contributed by atoms with Gasteiger partial charge in [0.15, 0.2) is 5.82 Å². The molecule has 0 amide bonds. The number of aromatic nitrogens is 2. The van der Waals surface area contributed by atoms with Gasteiger partial charge in [0, 0.05) is 25.1 Å². The highest BCUT2D eigenvalue weighted by atomic mass is 19.1. The number of rotatable bonds is 5. The van der Waals surface area contributed by atoms with Gasteiger partial charge in [-0.2, -0.15) is 4.98 Å². The van der Waals surface area contributed by atoms with E-state index in [1.54, 1.807) is 6.07 Å². The molecule has 5 nitrogen and oxygen atoms in total. The summed E-state index contributed by atoms with van der Waals surface area (Å²) in [5.41, 5.74) is 1.91. The summed E-state index contributed by atoms with van der Waals surface area (Å²) in [4.78, 5) is 8.96. The van der Waals surface area contributed by atoms with Crippen LogP contribution >= 0.6 is 0 Å². The van der Waals surface area contributed by atoms with Crippen LogP contribution in [0.25, 0.3) is 0 Å². The first-order valence-corrected chi connectivity index (χ1v) is 8.98. The fourth-order valence-corrected chi connectivity index (χ4v) is 3.56. The van der Waals surface area contributed by atoms with Crippen molar-refractivity contribution in [2.75, 3.05) is 20.1 Å². The lowest BCUT2D eigenvalue weighted by Crippen LogP contribution is -2.33. The largest absolute Gasteiger partial charge is 0.340 e. The molecule has 0 saturated carbocycles. The maximum absolute atomic E-state index is 14.0. The molecule has 136 valence electrons. The molecule has 1 saturated heterocycles. The summed E-state index contributed by atoms with van der Waals surface area (Å²) >= 11 is 0. The number of hydrogen-bond acceptors (Lipinski definition) is 5. The standard InChI is InChI=1S/C19H27FN4O/c1-14-6-7-18(20)16(11-14)12-24-9-4-5-17(8-10-24)23(3)13-19-21-15(2)25-22-19/h6-7,11,17H,4-5,8-10,12-13H2,1-3H3/t17-/m0/s1. The molecule has 0 aliphatic carbocycles. The maximum Gasteiger partial charge on any atom is 0.223 e. The number of aryl methyl sites for hydroxylation is 2. The predicted octanol–water partition coefficient (Wildman–Crippen LogP) is 3.31. The summed E-state index contributed by atoms with van der Waals surface area (Å²) in [7, 11) is 2.12. The van der Waals surface area contributed by atoms with Gasteiger partial charge in [-0.25, -0.2) is 4.39 Å². The Hall–Kier alpha value is -1.79. The van der Waals surface area contributed by atoms with Crippen LogP contribution in [0.5, 0.6) is 0 Å². The molecule has 1 aliphatic rings. The van der Waals surface area contributed by atoms with E-state index in [-0.39, 0.29) is 5.82 Å². The second kappa shape index (κ2) is 8.06. The highest BCUT2D eigenvalue weighted by Crippen LogP contribution is 2.20. The van der Waals surface area contributed by atoms with E-state index in [1.165, 1.54) is 0 Å². The van der Waals surface area contributed by atoms with E-state index >= 15 is 0 Å². The molecule has 1 atom stereocenters. The van der Waals surface area contributed by atoms with E-state index in [0.717, 1.165) is 49.3 Å². The van der Waals surface area contributed by atoms with Crippen molar-refractivity contribution in [1.29, 1.82) is 0 Å². The fraction of sp³-hybridized carbons (Fsp3) is 0.579. The van der Waals surface area contributed by atoms with Crippen molar-refractivity contribution in [2.45, 2.75) is 52.2 Å². The summed E-state index contributed by atoms with van der Waals surface area (Å²) < 4.78 is 19.1. The van der Waals surface area contributed by atoms with Crippen LogP contribution in [0.4, 0.5) is 4.39 Å². The van der Waals surface area contributed by atoms with E-state index in [0.29, 0.717) is 25.0 Å². The van der Waals surface area contributed by atoms with Crippen LogP contribution in [0.15, 0.2) is 22.7 Å². The van der Waals surface area contributed by atoms with Gasteiger partial charge in [0.25, 0.3) is 0 Å².